The van der Waals surface area contributed by atoms with Gasteiger partial charge in [0.05, 0.1) is 35.1 Å². The number of nitriles is 1. The van der Waals surface area contributed by atoms with Crippen LogP contribution in [0.5, 0.6) is 0 Å². The zero-order valence-corrected chi connectivity index (χ0v) is 15.9. The summed E-state index contributed by atoms with van der Waals surface area (Å²) in [5, 5.41) is 14.5. The van der Waals surface area contributed by atoms with Crippen LogP contribution in [0.1, 0.15) is 38.3 Å². The fraction of sp³-hybridized carbons (Fsp3) is 0.238. The highest BCUT2D eigenvalue weighted by Crippen LogP contribution is 2.32. The van der Waals surface area contributed by atoms with E-state index in [4.69, 9.17) is 10.00 Å². The molecule has 0 bridgehead atoms. The fourth-order valence-electron chi connectivity index (χ4n) is 2.70. The maximum atomic E-state index is 12.3. The van der Waals surface area contributed by atoms with Crippen LogP contribution in [0.3, 0.4) is 0 Å². The highest BCUT2D eigenvalue weighted by molar-refractivity contribution is 6.17. The number of aliphatic imine (C=N–C) groups is 1. The van der Waals surface area contributed by atoms with E-state index in [9.17, 15) is 9.59 Å². The van der Waals surface area contributed by atoms with Gasteiger partial charge in [-0.25, -0.2) is 4.79 Å². The van der Waals surface area contributed by atoms with Gasteiger partial charge in [0.25, 0.3) is 0 Å². The standard InChI is InChI=1S/C21H20N4O3/c1-21(2,3)28-20(27)23-15-7-8-16-18(10-15)25-19(26)11-17(24-16)14-6-4-5-13(9-14)12-22/h4-10H,11H2,1-3H3,(H,23,27)(H,25,26). The van der Waals surface area contributed by atoms with E-state index < -0.39 is 11.7 Å². The lowest BCUT2D eigenvalue weighted by Crippen LogP contribution is -2.27. The largest absolute Gasteiger partial charge is 0.444 e. The van der Waals surface area contributed by atoms with Crippen LogP contribution in [-0.2, 0) is 9.53 Å². The van der Waals surface area contributed by atoms with Gasteiger partial charge < -0.3 is 10.1 Å². The Bertz CT molecular complexity index is 1010. The van der Waals surface area contributed by atoms with Gasteiger partial charge in [-0.15, -0.1) is 0 Å². The molecule has 1 aliphatic heterocycles. The third kappa shape index (κ3) is 4.74. The first kappa shape index (κ1) is 19.1. The summed E-state index contributed by atoms with van der Waals surface area (Å²) in [7, 11) is 0. The number of benzene rings is 2. The van der Waals surface area contributed by atoms with Gasteiger partial charge in [0.2, 0.25) is 5.91 Å². The van der Waals surface area contributed by atoms with Crippen molar-refractivity contribution in [2.24, 2.45) is 4.99 Å². The molecule has 1 aliphatic rings. The molecule has 0 spiro atoms. The maximum Gasteiger partial charge on any atom is 0.412 e. The summed E-state index contributed by atoms with van der Waals surface area (Å²) < 4.78 is 5.24. The Balaban J connectivity index is 1.90. The van der Waals surface area contributed by atoms with E-state index in [1.165, 1.54) is 0 Å². The van der Waals surface area contributed by atoms with Gasteiger partial charge in [-0.2, -0.15) is 5.26 Å². The minimum Gasteiger partial charge on any atom is -0.444 e. The number of carbonyl (C=O) groups is 2. The van der Waals surface area contributed by atoms with Crippen LogP contribution in [0.4, 0.5) is 21.9 Å². The Morgan fingerprint density at radius 3 is 2.75 bits per heavy atom. The number of ether oxygens (including phenoxy) is 1. The molecule has 3 rings (SSSR count). The molecular weight excluding hydrogens is 356 g/mol. The van der Waals surface area contributed by atoms with Gasteiger partial charge in [-0.05, 0) is 56.7 Å². The van der Waals surface area contributed by atoms with Gasteiger partial charge >= 0.3 is 6.09 Å². The van der Waals surface area contributed by atoms with Gasteiger partial charge in [-0.1, -0.05) is 12.1 Å². The zero-order chi connectivity index (χ0) is 20.3. The molecule has 7 heteroatoms. The number of fused-ring (bicyclic) bond motifs is 1. The Kier molecular flexibility index (Phi) is 5.14. The summed E-state index contributed by atoms with van der Waals surface area (Å²) in [6.07, 6.45) is -0.497. The number of hydrogen-bond donors (Lipinski definition) is 2. The summed E-state index contributed by atoms with van der Waals surface area (Å²) in [5.41, 5.74) is 2.73. The van der Waals surface area contributed by atoms with E-state index in [0.29, 0.717) is 28.3 Å². The van der Waals surface area contributed by atoms with Crippen molar-refractivity contribution in [1.29, 1.82) is 5.26 Å². The van der Waals surface area contributed by atoms with E-state index in [-0.39, 0.29) is 12.3 Å². The van der Waals surface area contributed by atoms with Crippen LogP contribution >= 0.6 is 0 Å². The molecule has 1 heterocycles. The molecule has 0 radical (unpaired) electrons. The van der Waals surface area contributed by atoms with Crippen LogP contribution in [0.2, 0.25) is 0 Å². The second kappa shape index (κ2) is 7.53. The second-order valence-corrected chi connectivity index (χ2v) is 7.33. The summed E-state index contributed by atoms with van der Waals surface area (Å²) in [5.74, 6) is -0.228. The fourth-order valence-corrected chi connectivity index (χ4v) is 2.70. The predicted octanol–water partition coefficient (Wildman–Crippen LogP) is 4.37. The average molecular weight is 376 g/mol. The second-order valence-electron chi connectivity index (χ2n) is 7.33. The average Bonchev–Trinajstić information content (AvgIpc) is 2.77. The Morgan fingerprint density at radius 2 is 2.04 bits per heavy atom. The zero-order valence-electron chi connectivity index (χ0n) is 15.9. The van der Waals surface area contributed by atoms with Crippen molar-refractivity contribution >= 4 is 34.8 Å². The smallest absolute Gasteiger partial charge is 0.412 e. The van der Waals surface area contributed by atoms with Gasteiger partial charge in [0.1, 0.15) is 5.60 Å². The monoisotopic (exact) mass is 376 g/mol. The predicted molar refractivity (Wildman–Crippen MR) is 107 cm³/mol. The molecule has 0 unspecified atom stereocenters. The molecule has 2 N–H and O–H groups in total. The first-order valence-corrected chi connectivity index (χ1v) is 8.75. The van der Waals surface area contributed by atoms with Crippen molar-refractivity contribution in [3.63, 3.8) is 0 Å². The van der Waals surface area contributed by atoms with E-state index in [0.717, 1.165) is 5.56 Å². The summed E-state index contributed by atoms with van der Waals surface area (Å²) >= 11 is 0. The number of hydrogen-bond acceptors (Lipinski definition) is 5. The molecule has 0 fully saturated rings. The number of carbonyl (C=O) groups excluding carboxylic acids is 2. The molecule has 7 nitrogen and oxygen atoms in total. The highest BCUT2D eigenvalue weighted by Gasteiger charge is 2.19. The SMILES string of the molecule is CC(C)(C)OC(=O)Nc1ccc2c(c1)NC(=O)CC(c1cccc(C#N)c1)=N2. The number of nitrogens with zero attached hydrogens (tertiary/aromatic N) is 2. The summed E-state index contributed by atoms with van der Waals surface area (Å²) in [4.78, 5) is 28.9. The lowest BCUT2D eigenvalue weighted by atomic mass is 10.0. The topological polar surface area (TPSA) is 104 Å². The highest BCUT2D eigenvalue weighted by atomic mass is 16.6. The lowest BCUT2D eigenvalue weighted by Gasteiger charge is -2.20. The third-order valence-electron chi connectivity index (χ3n) is 3.82. The molecule has 2 aromatic rings. The first-order valence-electron chi connectivity index (χ1n) is 8.75. The molecule has 0 saturated heterocycles. The molecule has 2 aromatic carbocycles. The van der Waals surface area contributed by atoms with Crippen LogP contribution in [0.25, 0.3) is 0 Å². The minimum absolute atomic E-state index is 0.0817. The van der Waals surface area contributed by atoms with E-state index >= 15 is 0 Å². The van der Waals surface area contributed by atoms with Crippen LogP contribution < -0.4 is 10.6 Å². The quantitative estimate of drug-likeness (QED) is 0.812. The van der Waals surface area contributed by atoms with E-state index in [2.05, 4.69) is 21.7 Å². The number of nitrogens with one attached hydrogen (secondary N) is 2. The van der Waals surface area contributed by atoms with E-state index in [1.807, 2.05) is 6.07 Å². The van der Waals surface area contributed by atoms with Gasteiger partial charge in [0, 0.05) is 5.69 Å². The maximum absolute atomic E-state index is 12.3. The Labute approximate surface area is 163 Å². The molecule has 2 amide bonds. The molecule has 0 atom stereocenters. The molecule has 0 aliphatic carbocycles. The van der Waals surface area contributed by atoms with Crippen molar-refractivity contribution in [3.8, 4) is 6.07 Å². The third-order valence-corrected chi connectivity index (χ3v) is 3.82. The molecular formula is C21H20N4O3. The first-order chi connectivity index (χ1) is 13.2. The van der Waals surface area contributed by atoms with Crippen molar-refractivity contribution in [1.82, 2.24) is 0 Å². The van der Waals surface area contributed by atoms with Crippen LogP contribution in [0.15, 0.2) is 47.5 Å². The van der Waals surface area contributed by atoms with Crippen molar-refractivity contribution in [3.05, 3.63) is 53.6 Å². The lowest BCUT2D eigenvalue weighted by molar-refractivity contribution is -0.115. The molecule has 142 valence electrons. The van der Waals surface area contributed by atoms with Gasteiger partial charge in [0.15, 0.2) is 0 Å². The van der Waals surface area contributed by atoms with E-state index in [1.54, 1.807) is 57.2 Å². The number of amides is 2. The molecule has 0 aromatic heterocycles. The van der Waals surface area contributed by atoms with Crippen LogP contribution in [-0.4, -0.2) is 23.3 Å². The number of anilines is 2. The van der Waals surface area contributed by atoms with Crippen LogP contribution in [0, 0.1) is 11.3 Å². The molecule has 0 saturated carbocycles. The normalized spacial score (nSPS) is 13.4. The Hall–Kier alpha value is -3.66. The van der Waals surface area contributed by atoms with Gasteiger partial charge in [-0.3, -0.25) is 15.1 Å². The summed E-state index contributed by atoms with van der Waals surface area (Å²) in [6.45, 7) is 5.34. The van der Waals surface area contributed by atoms with Crippen molar-refractivity contribution < 1.29 is 14.3 Å². The van der Waals surface area contributed by atoms with Crippen molar-refractivity contribution in [2.45, 2.75) is 32.8 Å². The molecule has 28 heavy (non-hydrogen) atoms. The summed E-state index contributed by atoms with van der Waals surface area (Å²) in [6, 6.07) is 14.1. The minimum atomic E-state index is -0.610. The van der Waals surface area contributed by atoms with Crippen molar-refractivity contribution in [2.75, 3.05) is 10.6 Å². The Morgan fingerprint density at radius 1 is 1.25 bits per heavy atom. The number of rotatable bonds is 2.